The van der Waals surface area contributed by atoms with E-state index in [0.717, 1.165) is 29.3 Å². The van der Waals surface area contributed by atoms with Gasteiger partial charge < -0.3 is 9.84 Å². The van der Waals surface area contributed by atoms with Crippen LogP contribution >= 0.6 is 0 Å². The first kappa shape index (κ1) is 13.8. The number of piperazine rings is 1. The molecule has 7 nitrogen and oxygen atoms in total. The van der Waals surface area contributed by atoms with Crippen molar-refractivity contribution in [1.82, 2.24) is 25.2 Å². The van der Waals surface area contributed by atoms with E-state index in [2.05, 4.69) is 20.5 Å². The van der Waals surface area contributed by atoms with Crippen LogP contribution in [0.4, 0.5) is 0 Å². The molecule has 0 aliphatic carbocycles. The van der Waals surface area contributed by atoms with Crippen molar-refractivity contribution in [3.05, 3.63) is 23.7 Å². The number of carbonyl (C=O) groups excluding carboxylic acids is 1. The van der Waals surface area contributed by atoms with E-state index < -0.39 is 0 Å². The second-order valence-corrected chi connectivity index (χ2v) is 5.38. The van der Waals surface area contributed by atoms with Gasteiger partial charge in [0.05, 0.1) is 18.8 Å². The molecule has 2 aromatic rings. The van der Waals surface area contributed by atoms with Gasteiger partial charge in [0.1, 0.15) is 5.69 Å². The molecule has 0 spiro atoms. The monoisotopic (exact) mass is 289 g/mol. The normalized spacial score (nSPS) is 19.8. The Morgan fingerprint density at radius 2 is 2.33 bits per heavy atom. The first-order valence-electron chi connectivity index (χ1n) is 7.02. The molecule has 3 heterocycles. The molecule has 1 N–H and O–H groups in total. The number of nitrogens with one attached hydrogen (secondary N) is 1. The number of amides is 1. The maximum Gasteiger partial charge on any atom is 0.237 e. The third kappa shape index (κ3) is 2.56. The van der Waals surface area contributed by atoms with Crippen molar-refractivity contribution in [3.8, 4) is 11.3 Å². The molecule has 1 amide bonds. The number of aromatic nitrogens is 3. The molecule has 2 aromatic heterocycles. The summed E-state index contributed by atoms with van der Waals surface area (Å²) in [6.07, 6.45) is 1.79. The molecule has 1 saturated heterocycles. The fourth-order valence-electron chi connectivity index (χ4n) is 2.51. The van der Waals surface area contributed by atoms with Gasteiger partial charge in [-0.15, -0.1) is 0 Å². The Balaban J connectivity index is 1.76. The largest absolute Gasteiger partial charge is 0.359 e. The van der Waals surface area contributed by atoms with Crippen molar-refractivity contribution >= 4 is 5.91 Å². The zero-order valence-electron chi connectivity index (χ0n) is 12.5. The van der Waals surface area contributed by atoms with Crippen molar-refractivity contribution in [2.24, 2.45) is 7.05 Å². The van der Waals surface area contributed by atoms with Crippen LogP contribution in [0.2, 0.25) is 0 Å². The second-order valence-electron chi connectivity index (χ2n) is 5.38. The lowest BCUT2D eigenvalue weighted by Gasteiger charge is -2.31. The summed E-state index contributed by atoms with van der Waals surface area (Å²) in [5, 5.41) is 11.2. The molecule has 0 aromatic carbocycles. The highest BCUT2D eigenvalue weighted by Gasteiger charge is 2.26. The zero-order valence-corrected chi connectivity index (χ0v) is 12.5. The van der Waals surface area contributed by atoms with E-state index in [1.54, 1.807) is 10.9 Å². The molecule has 112 valence electrons. The minimum Gasteiger partial charge on any atom is -0.359 e. The quantitative estimate of drug-likeness (QED) is 0.900. The molecule has 1 aliphatic rings. The Morgan fingerprint density at radius 3 is 3.05 bits per heavy atom. The van der Waals surface area contributed by atoms with Gasteiger partial charge >= 0.3 is 0 Å². The fraction of sp³-hybridized carbons (Fsp3) is 0.500. The van der Waals surface area contributed by atoms with Gasteiger partial charge in [0, 0.05) is 37.5 Å². The second kappa shape index (κ2) is 5.33. The minimum atomic E-state index is -0.146. The van der Waals surface area contributed by atoms with E-state index in [1.807, 2.05) is 27.0 Å². The number of nitrogens with zero attached hydrogens (tertiary/aromatic N) is 4. The number of rotatable bonds is 3. The summed E-state index contributed by atoms with van der Waals surface area (Å²) in [4.78, 5) is 13.7. The first-order chi connectivity index (χ1) is 10.1. The fourth-order valence-corrected chi connectivity index (χ4v) is 2.51. The maximum absolute atomic E-state index is 11.7. The van der Waals surface area contributed by atoms with Crippen LogP contribution in [-0.2, 0) is 18.4 Å². The molecular weight excluding hydrogens is 270 g/mol. The Bertz CT molecular complexity index is 660. The lowest BCUT2D eigenvalue weighted by atomic mass is 10.1. The van der Waals surface area contributed by atoms with Crippen molar-refractivity contribution in [2.75, 3.05) is 13.1 Å². The SMILES string of the molecule is Cc1c(-c2cc(CN3CCNC(=O)C3C)on2)cnn1C. The van der Waals surface area contributed by atoms with Crippen LogP contribution in [-0.4, -0.2) is 44.9 Å². The average molecular weight is 289 g/mol. The van der Waals surface area contributed by atoms with Gasteiger partial charge in [0.25, 0.3) is 0 Å². The number of carbonyl (C=O) groups is 1. The number of aryl methyl sites for hydroxylation is 1. The van der Waals surface area contributed by atoms with Gasteiger partial charge in [-0.25, -0.2) is 0 Å². The third-order valence-electron chi connectivity index (χ3n) is 4.05. The van der Waals surface area contributed by atoms with Gasteiger partial charge in [0.15, 0.2) is 5.76 Å². The first-order valence-corrected chi connectivity index (χ1v) is 7.02. The summed E-state index contributed by atoms with van der Waals surface area (Å²) >= 11 is 0. The van der Waals surface area contributed by atoms with Crippen LogP contribution in [0, 0.1) is 6.92 Å². The average Bonchev–Trinajstić information content (AvgIpc) is 3.04. The van der Waals surface area contributed by atoms with Crippen LogP contribution < -0.4 is 5.32 Å². The van der Waals surface area contributed by atoms with E-state index in [9.17, 15) is 4.79 Å². The topological polar surface area (TPSA) is 76.2 Å². The Kier molecular flexibility index (Phi) is 3.50. The van der Waals surface area contributed by atoms with Crippen LogP contribution in [0.1, 0.15) is 18.4 Å². The molecular formula is C14H19N5O2. The minimum absolute atomic E-state index is 0.0593. The molecule has 1 aliphatic heterocycles. The predicted molar refractivity (Wildman–Crippen MR) is 76.3 cm³/mol. The van der Waals surface area contributed by atoms with Gasteiger partial charge in [-0.3, -0.25) is 14.4 Å². The standard InChI is InChI=1S/C14H19N5O2/c1-9-12(7-16-18(9)3)13-6-11(21-17-13)8-19-5-4-15-14(20)10(19)2/h6-7,10H,4-5,8H2,1-3H3,(H,15,20). The van der Waals surface area contributed by atoms with Crippen molar-refractivity contribution in [3.63, 3.8) is 0 Å². The van der Waals surface area contributed by atoms with Crippen LogP contribution in [0.15, 0.2) is 16.8 Å². The highest BCUT2D eigenvalue weighted by molar-refractivity contribution is 5.81. The number of hydrogen-bond acceptors (Lipinski definition) is 5. The van der Waals surface area contributed by atoms with Gasteiger partial charge in [0.2, 0.25) is 5.91 Å². The Morgan fingerprint density at radius 1 is 1.52 bits per heavy atom. The summed E-state index contributed by atoms with van der Waals surface area (Å²) in [5.41, 5.74) is 2.79. The summed E-state index contributed by atoms with van der Waals surface area (Å²) < 4.78 is 7.22. The Labute approximate surface area is 122 Å². The van der Waals surface area contributed by atoms with Gasteiger partial charge in [-0.2, -0.15) is 5.10 Å². The molecule has 3 rings (SSSR count). The highest BCUT2D eigenvalue weighted by Crippen LogP contribution is 2.23. The number of hydrogen-bond donors (Lipinski definition) is 1. The molecule has 1 atom stereocenters. The maximum atomic E-state index is 11.7. The van der Waals surface area contributed by atoms with Crippen molar-refractivity contribution in [1.29, 1.82) is 0 Å². The smallest absolute Gasteiger partial charge is 0.237 e. The zero-order chi connectivity index (χ0) is 15.0. The highest BCUT2D eigenvalue weighted by atomic mass is 16.5. The summed E-state index contributed by atoms with van der Waals surface area (Å²) in [6.45, 7) is 5.96. The van der Waals surface area contributed by atoms with Crippen LogP contribution in [0.25, 0.3) is 11.3 Å². The lowest BCUT2D eigenvalue weighted by molar-refractivity contribution is -0.128. The van der Waals surface area contributed by atoms with Crippen LogP contribution in [0.3, 0.4) is 0 Å². The molecule has 0 saturated carbocycles. The van der Waals surface area contributed by atoms with Crippen molar-refractivity contribution in [2.45, 2.75) is 26.4 Å². The van der Waals surface area contributed by atoms with E-state index in [-0.39, 0.29) is 11.9 Å². The molecule has 0 bridgehead atoms. The lowest BCUT2D eigenvalue weighted by Crippen LogP contribution is -2.53. The van der Waals surface area contributed by atoms with E-state index >= 15 is 0 Å². The third-order valence-corrected chi connectivity index (χ3v) is 4.05. The molecule has 1 fully saturated rings. The molecule has 21 heavy (non-hydrogen) atoms. The Hall–Kier alpha value is -2.15. The van der Waals surface area contributed by atoms with E-state index in [0.29, 0.717) is 13.1 Å². The summed E-state index contributed by atoms with van der Waals surface area (Å²) in [5.74, 6) is 0.818. The molecule has 0 radical (unpaired) electrons. The van der Waals surface area contributed by atoms with Gasteiger partial charge in [-0.05, 0) is 13.8 Å². The van der Waals surface area contributed by atoms with E-state index in [4.69, 9.17) is 4.52 Å². The van der Waals surface area contributed by atoms with Crippen LogP contribution in [0.5, 0.6) is 0 Å². The molecule has 1 unspecified atom stereocenters. The summed E-state index contributed by atoms with van der Waals surface area (Å²) in [7, 11) is 1.90. The summed E-state index contributed by atoms with van der Waals surface area (Å²) in [6, 6.07) is 1.77. The van der Waals surface area contributed by atoms with Gasteiger partial charge in [-0.1, -0.05) is 5.16 Å². The molecule has 7 heteroatoms. The van der Waals surface area contributed by atoms with Crippen molar-refractivity contribution < 1.29 is 9.32 Å². The predicted octanol–water partition coefficient (Wildman–Crippen LogP) is 0.704. The van der Waals surface area contributed by atoms with E-state index in [1.165, 1.54) is 0 Å².